The lowest BCUT2D eigenvalue weighted by atomic mass is 10.1. The third-order valence-corrected chi connectivity index (χ3v) is 4.14. The lowest BCUT2D eigenvalue weighted by Gasteiger charge is -2.16. The largest absolute Gasteiger partial charge is 0.378 e. The highest BCUT2D eigenvalue weighted by Gasteiger charge is 2.08. The Morgan fingerprint density at radius 2 is 2.05 bits per heavy atom. The van der Waals surface area contributed by atoms with Crippen LogP contribution in [0.3, 0.4) is 0 Å². The van der Waals surface area contributed by atoms with Crippen LogP contribution >= 0.6 is 11.3 Å². The number of thiophene rings is 1. The topological polar surface area (TPSA) is 36.4 Å². The standard InChI is InChI=1S/C18H22N2OS/c1-14-11-19-10-8-15(14)12-20(4)13-17-6-5-16(22-17)7-9-18(2,3)21/h5-6,8,10-11,21H,12-13H2,1-4H3. The first-order valence-corrected chi connectivity index (χ1v) is 8.07. The molecule has 0 aromatic carbocycles. The van der Waals surface area contributed by atoms with Crippen LogP contribution in [0, 0.1) is 18.8 Å². The van der Waals surface area contributed by atoms with Crippen LogP contribution in [0.1, 0.15) is 34.7 Å². The third-order valence-electron chi connectivity index (χ3n) is 3.16. The van der Waals surface area contributed by atoms with Gasteiger partial charge < -0.3 is 5.11 Å². The molecule has 1 N–H and O–H groups in total. The van der Waals surface area contributed by atoms with Crippen molar-refractivity contribution in [2.75, 3.05) is 7.05 Å². The Morgan fingerprint density at radius 1 is 1.27 bits per heavy atom. The molecular weight excluding hydrogens is 292 g/mol. The second-order valence-electron chi connectivity index (χ2n) is 6.05. The Labute approximate surface area is 136 Å². The number of aromatic nitrogens is 1. The number of rotatable bonds is 4. The summed E-state index contributed by atoms with van der Waals surface area (Å²) in [5.74, 6) is 5.88. The van der Waals surface area contributed by atoms with Crippen LogP contribution in [0.25, 0.3) is 0 Å². The molecule has 0 atom stereocenters. The molecule has 0 bridgehead atoms. The van der Waals surface area contributed by atoms with E-state index in [1.807, 2.05) is 18.5 Å². The van der Waals surface area contributed by atoms with E-state index >= 15 is 0 Å². The maximum absolute atomic E-state index is 9.64. The number of aryl methyl sites for hydroxylation is 1. The van der Waals surface area contributed by atoms with Gasteiger partial charge in [0.1, 0.15) is 5.60 Å². The third kappa shape index (κ3) is 5.27. The number of aliphatic hydroxyl groups is 1. The molecular formula is C18H22N2OS. The molecule has 2 rings (SSSR count). The van der Waals surface area contributed by atoms with E-state index in [2.05, 4.69) is 47.8 Å². The van der Waals surface area contributed by atoms with Crippen molar-refractivity contribution in [1.29, 1.82) is 0 Å². The average molecular weight is 314 g/mol. The average Bonchev–Trinajstić information content (AvgIpc) is 2.86. The van der Waals surface area contributed by atoms with E-state index in [1.54, 1.807) is 25.2 Å². The monoisotopic (exact) mass is 314 g/mol. The van der Waals surface area contributed by atoms with Crippen molar-refractivity contribution in [2.45, 2.75) is 39.5 Å². The van der Waals surface area contributed by atoms with Crippen LogP contribution < -0.4 is 0 Å². The number of hydrogen-bond donors (Lipinski definition) is 1. The fourth-order valence-electron chi connectivity index (χ4n) is 2.04. The van der Waals surface area contributed by atoms with Crippen molar-refractivity contribution in [1.82, 2.24) is 9.88 Å². The molecule has 22 heavy (non-hydrogen) atoms. The molecule has 116 valence electrons. The number of nitrogens with zero attached hydrogens (tertiary/aromatic N) is 2. The highest BCUT2D eigenvalue weighted by Crippen LogP contribution is 2.18. The van der Waals surface area contributed by atoms with Crippen molar-refractivity contribution in [3.05, 3.63) is 51.5 Å². The Hall–Kier alpha value is -1.67. The lowest BCUT2D eigenvalue weighted by Crippen LogP contribution is -2.17. The Kier molecular flexibility index (Phi) is 5.36. The molecule has 0 radical (unpaired) electrons. The Balaban J connectivity index is 1.98. The first-order chi connectivity index (χ1) is 10.3. The fourth-order valence-corrected chi connectivity index (χ4v) is 2.98. The van der Waals surface area contributed by atoms with Gasteiger partial charge in [-0.2, -0.15) is 0 Å². The van der Waals surface area contributed by atoms with E-state index in [4.69, 9.17) is 0 Å². The number of hydrogen-bond acceptors (Lipinski definition) is 4. The van der Waals surface area contributed by atoms with E-state index in [1.165, 1.54) is 16.0 Å². The molecule has 0 aliphatic rings. The fraction of sp³-hybridized carbons (Fsp3) is 0.389. The van der Waals surface area contributed by atoms with Gasteiger partial charge >= 0.3 is 0 Å². The Bertz CT molecular complexity index is 689. The normalized spacial score (nSPS) is 11.4. The molecule has 0 spiro atoms. The van der Waals surface area contributed by atoms with Gasteiger partial charge in [-0.25, -0.2) is 0 Å². The lowest BCUT2D eigenvalue weighted by molar-refractivity contribution is 0.143. The predicted molar refractivity (Wildman–Crippen MR) is 91.6 cm³/mol. The van der Waals surface area contributed by atoms with Gasteiger partial charge in [-0.15, -0.1) is 11.3 Å². The quantitative estimate of drug-likeness (QED) is 0.881. The first kappa shape index (κ1) is 16.7. The van der Waals surface area contributed by atoms with Gasteiger partial charge in [0.05, 0.1) is 4.88 Å². The molecule has 0 unspecified atom stereocenters. The summed E-state index contributed by atoms with van der Waals surface area (Å²) < 4.78 is 0. The molecule has 0 saturated heterocycles. The van der Waals surface area contributed by atoms with Gasteiger partial charge in [-0.1, -0.05) is 11.8 Å². The minimum atomic E-state index is -0.945. The van der Waals surface area contributed by atoms with Crippen molar-refractivity contribution >= 4 is 11.3 Å². The van der Waals surface area contributed by atoms with E-state index in [9.17, 15) is 5.11 Å². The van der Waals surface area contributed by atoms with E-state index in [-0.39, 0.29) is 0 Å². The summed E-state index contributed by atoms with van der Waals surface area (Å²) in [6, 6.07) is 6.19. The summed E-state index contributed by atoms with van der Waals surface area (Å²) in [5.41, 5.74) is 1.58. The summed E-state index contributed by atoms with van der Waals surface area (Å²) in [6.45, 7) is 7.26. The first-order valence-electron chi connectivity index (χ1n) is 7.26. The van der Waals surface area contributed by atoms with E-state index in [0.29, 0.717) is 0 Å². The molecule has 0 amide bonds. The molecule has 4 heteroatoms. The van der Waals surface area contributed by atoms with E-state index < -0.39 is 5.60 Å². The van der Waals surface area contributed by atoms with Gasteiger partial charge in [0.15, 0.2) is 0 Å². The Morgan fingerprint density at radius 3 is 2.73 bits per heavy atom. The molecule has 2 aromatic heterocycles. The summed E-state index contributed by atoms with van der Waals surface area (Å²) in [4.78, 5) is 8.67. The summed E-state index contributed by atoms with van der Waals surface area (Å²) in [6.07, 6.45) is 3.74. The van der Waals surface area contributed by atoms with Gasteiger partial charge in [0, 0.05) is 30.4 Å². The SMILES string of the molecule is Cc1cnccc1CN(C)Cc1ccc(C#CC(C)(C)O)s1. The van der Waals surface area contributed by atoms with Gasteiger partial charge in [0.2, 0.25) is 0 Å². The summed E-state index contributed by atoms with van der Waals surface area (Å²) in [7, 11) is 2.11. The zero-order valence-electron chi connectivity index (χ0n) is 13.6. The molecule has 0 saturated carbocycles. The highest BCUT2D eigenvalue weighted by molar-refractivity contribution is 7.12. The minimum Gasteiger partial charge on any atom is -0.378 e. The summed E-state index contributed by atoms with van der Waals surface area (Å²) >= 11 is 1.68. The van der Waals surface area contributed by atoms with Crippen LogP contribution in [0.2, 0.25) is 0 Å². The second kappa shape index (κ2) is 7.06. The van der Waals surface area contributed by atoms with Crippen LogP contribution in [0.4, 0.5) is 0 Å². The van der Waals surface area contributed by atoms with Crippen molar-refractivity contribution in [3.63, 3.8) is 0 Å². The summed E-state index contributed by atoms with van der Waals surface area (Å²) in [5, 5.41) is 9.64. The minimum absolute atomic E-state index is 0.886. The highest BCUT2D eigenvalue weighted by atomic mass is 32.1. The van der Waals surface area contributed by atoms with Crippen LogP contribution in [0.15, 0.2) is 30.6 Å². The smallest absolute Gasteiger partial charge is 0.120 e. The van der Waals surface area contributed by atoms with Gasteiger partial charge in [-0.05, 0) is 57.1 Å². The molecule has 2 heterocycles. The van der Waals surface area contributed by atoms with Crippen molar-refractivity contribution in [2.24, 2.45) is 0 Å². The molecule has 0 aliphatic carbocycles. The van der Waals surface area contributed by atoms with Crippen LogP contribution in [-0.4, -0.2) is 27.6 Å². The maximum Gasteiger partial charge on any atom is 0.120 e. The predicted octanol–water partition coefficient (Wildman–Crippen LogP) is 3.21. The van der Waals surface area contributed by atoms with Crippen molar-refractivity contribution in [3.8, 4) is 11.8 Å². The molecule has 0 fully saturated rings. The zero-order chi connectivity index (χ0) is 16.2. The molecule has 2 aromatic rings. The number of pyridine rings is 1. The molecule has 3 nitrogen and oxygen atoms in total. The molecule has 0 aliphatic heterocycles. The van der Waals surface area contributed by atoms with Gasteiger partial charge in [-0.3, -0.25) is 9.88 Å². The van der Waals surface area contributed by atoms with Crippen LogP contribution in [-0.2, 0) is 13.1 Å². The maximum atomic E-state index is 9.64. The van der Waals surface area contributed by atoms with Gasteiger partial charge in [0.25, 0.3) is 0 Å². The second-order valence-corrected chi connectivity index (χ2v) is 7.22. The van der Waals surface area contributed by atoms with Crippen molar-refractivity contribution < 1.29 is 5.11 Å². The zero-order valence-corrected chi connectivity index (χ0v) is 14.4. The van der Waals surface area contributed by atoms with E-state index in [0.717, 1.165) is 18.0 Å². The van der Waals surface area contributed by atoms with Crippen LogP contribution in [0.5, 0.6) is 0 Å².